The van der Waals surface area contributed by atoms with Crippen molar-refractivity contribution in [2.24, 2.45) is 0 Å². The third-order valence-electron chi connectivity index (χ3n) is 4.45. The molecule has 2 aromatic rings. The molecule has 2 N–H and O–H groups in total. The van der Waals surface area contributed by atoms with Gasteiger partial charge < -0.3 is 15.0 Å². The van der Waals surface area contributed by atoms with Crippen molar-refractivity contribution in [3.05, 3.63) is 52.8 Å². The van der Waals surface area contributed by atoms with E-state index in [1.807, 2.05) is 0 Å². The molecule has 0 radical (unpaired) electrons. The van der Waals surface area contributed by atoms with Crippen LogP contribution in [0.25, 0.3) is 0 Å². The molecule has 0 saturated carbocycles. The van der Waals surface area contributed by atoms with E-state index in [1.54, 1.807) is 20.8 Å². The molecule has 0 bridgehead atoms. The normalized spacial score (nSPS) is 12.9. The fourth-order valence-corrected chi connectivity index (χ4v) is 2.95. The van der Waals surface area contributed by atoms with Gasteiger partial charge in [0.2, 0.25) is 0 Å². The third-order valence-corrected chi connectivity index (χ3v) is 4.45. The highest BCUT2D eigenvalue weighted by Gasteiger charge is 2.34. The van der Waals surface area contributed by atoms with Crippen LogP contribution < -0.4 is 5.32 Å². The van der Waals surface area contributed by atoms with Crippen LogP contribution in [0, 0.1) is 6.92 Å². The molecule has 0 fully saturated rings. The number of hydrogen-bond donors (Lipinski definition) is 2. The lowest BCUT2D eigenvalue weighted by molar-refractivity contribution is -0.137. The molecule has 4 nitrogen and oxygen atoms in total. The maximum Gasteiger partial charge on any atom is 0.416 e. The van der Waals surface area contributed by atoms with E-state index >= 15 is 0 Å². The first-order chi connectivity index (χ1) is 13.2. The van der Waals surface area contributed by atoms with E-state index in [9.17, 15) is 26.7 Å². The third kappa shape index (κ3) is 5.35. The van der Waals surface area contributed by atoms with Crippen LogP contribution in [0.15, 0.2) is 30.3 Å². The summed E-state index contributed by atoms with van der Waals surface area (Å²) >= 11 is 0. The summed E-state index contributed by atoms with van der Waals surface area (Å²) < 4.78 is 67.5. The van der Waals surface area contributed by atoms with Gasteiger partial charge >= 0.3 is 6.18 Å². The van der Waals surface area contributed by atoms with E-state index in [2.05, 4.69) is 5.32 Å². The molecule has 0 aliphatic heterocycles. The van der Waals surface area contributed by atoms with Crippen molar-refractivity contribution in [2.75, 3.05) is 11.9 Å². The number of carbonyl (C=O) groups is 1. The van der Waals surface area contributed by atoms with Gasteiger partial charge in [0, 0.05) is 22.5 Å². The molecule has 29 heavy (non-hydrogen) atoms. The number of amides is 1. The van der Waals surface area contributed by atoms with E-state index in [1.165, 1.54) is 29.7 Å². The summed E-state index contributed by atoms with van der Waals surface area (Å²) in [5.74, 6) is -4.10. The predicted octanol–water partition coefficient (Wildman–Crippen LogP) is 4.99. The number of nitrogens with one attached hydrogen (secondary N) is 1. The minimum absolute atomic E-state index is 0.0602. The van der Waals surface area contributed by atoms with Crippen molar-refractivity contribution in [3.63, 3.8) is 0 Å². The monoisotopic (exact) mass is 418 g/mol. The van der Waals surface area contributed by atoms with Crippen LogP contribution in [0.2, 0.25) is 0 Å². The van der Waals surface area contributed by atoms with E-state index in [0.29, 0.717) is 5.69 Å². The number of anilines is 1. The zero-order valence-corrected chi connectivity index (χ0v) is 16.5. The first-order valence-corrected chi connectivity index (χ1v) is 8.83. The fraction of sp³-hybridized carbons (Fsp3) is 0.450. The Hall–Kier alpha value is -2.42. The second-order valence-corrected chi connectivity index (χ2v) is 7.91. The number of hydrogen-bond acceptors (Lipinski definition) is 2. The number of aromatic nitrogens is 1. The summed E-state index contributed by atoms with van der Waals surface area (Å²) in [5, 5.41) is 11.3. The second kappa shape index (κ2) is 7.78. The SMILES string of the molecule is Cc1c(C(=O)Nc2cccc(C(F)(F)F)c2)cc(C(C)(C)C)n1CC(F)(F)CO. The van der Waals surface area contributed by atoms with Gasteiger partial charge in [-0.3, -0.25) is 4.79 Å². The first kappa shape index (κ1) is 22.9. The Morgan fingerprint density at radius 1 is 1.10 bits per heavy atom. The Morgan fingerprint density at radius 2 is 1.72 bits per heavy atom. The van der Waals surface area contributed by atoms with Crippen LogP contribution in [0.5, 0.6) is 0 Å². The largest absolute Gasteiger partial charge is 0.416 e. The predicted molar refractivity (Wildman–Crippen MR) is 99.3 cm³/mol. The van der Waals surface area contributed by atoms with E-state index in [-0.39, 0.29) is 16.9 Å². The Bertz CT molecular complexity index is 895. The number of benzene rings is 1. The Labute approximate surface area is 165 Å². The number of nitrogens with zero attached hydrogens (tertiary/aromatic N) is 1. The van der Waals surface area contributed by atoms with Crippen molar-refractivity contribution >= 4 is 11.6 Å². The summed E-state index contributed by atoms with van der Waals surface area (Å²) in [6.07, 6.45) is -4.56. The summed E-state index contributed by atoms with van der Waals surface area (Å²) in [6.45, 7) is 4.65. The molecule has 1 aromatic heterocycles. The van der Waals surface area contributed by atoms with Crippen LogP contribution in [-0.2, 0) is 18.1 Å². The van der Waals surface area contributed by atoms with E-state index < -0.39 is 42.1 Å². The molecule has 0 unspecified atom stereocenters. The molecule has 0 aliphatic rings. The zero-order chi connectivity index (χ0) is 22.2. The molecular weight excluding hydrogens is 395 g/mol. The average molecular weight is 418 g/mol. The van der Waals surface area contributed by atoms with Gasteiger partial charge in [-0.25, -0.2) is 8.78 Å². The van der Waals surface area contributed by atoms with E-state index in [0.717, 1.165) is 12.1 Å². The lowest BCUT2D eigenvalue weighted by Gasteiger charge is -2.25. The zero-order valence-electron chi connectivity index (χ0n) is 16.5. The van der Waals surface area contributed by atoms with Crippen LogP contribution in [0.3, 0.4) is 0 Å². The lowest BCUT2D eigenvalue weighted by atomic mass is 9.91. The quantitative estimate of drug-likeness (QED) is 0.672. The molecule has 2 rings (SSSR count). The minimum atomic E-state index is -4.56. The molecule has 9 heteroatoms. The van der Waals surface area contributed by atoms with Crippen molar-refractivity contribution in [2.45, 2.75) is 51.8 Å². The molecule has 0 aliphatic carbocycles. The van der Waals surface area contributed by atoms with Crippen molar-refractivity contribution in [3.8, 4) is 0 Å². The number of halogens is 5. The van der Waals surface area contributed by atoms with Crippen molar-refractivity contribution in [1.29, 1.82) is 0 Å². The number of carbonyl (C=O) groups excluding carboxylic acids is 1. The van der Waals surface area contributed by atoms with Gasteiger partial charge in [0.25, 0.3) is 11.8 Å². The summed E-state index contributed by atoms with van der Waals surface area (Å²) in [4.78, 5) is 12.7. The average Bonchev–Trinajstić information content (AvgIpc) is 2.91. The summed E-state index contributed by atoms with van der Waals surface area (Å²) in [7, 11) is 0. The minimum Gasteiger partial charge on any atom is -0.390 e. The highest BCUT2D eigenvalue weighted by atomic mass is 19.4. The highest BCUT2D eigenvalue weighted by Crippen LogP contribution is 2.32. The van der Waals surface area contributed by atoms with Gasteiger partial charge in [-0.15, -0.1) is 0 Å². The fourth-order valence-electron chi connectivity index (χ4n) is 2.95. The van der Waals surface area contributed by atoms with Crippen LogP contribution >= 0.6 is 0 Å². The van der Waals surface area contributed by atoms with Gasteiger partial charge in [-0.2, -0.15) is 13.2 Å². The van der Waals surface area contributed by atoms with E-state index in [4.69, 9.17) is 5.11 Å². The lowest BCUT2D eigenvalue weighted by Crippen LogP contribution is -2.31. The summed E-state index contributed by atoms with van der Waals surface area (Å²) in [5.41, 5.74) is -0.825. The molecule has 1 aromatic carbocycles. The topological polar surface area (TPSA) is 54.3 Å². The smallest absolute Gasteiger partial charge is 0.390 e. The van der Waals surface area contributed by atoms with Gasteiger partial charge in [0.05, 0.1) is 17.7 Å². The Balaban J connectivity index is 2.42. The molecule has 0 atom stereocenters. The van der Waals surface area contributed by atoms with Crippen LogP contribution in [-0.4, -0.2) is 28.1 Å². The number of aliphatic hydroxyl groups excluding tert-OH is 1. The molecule has 0 spiro atoms. The summed E-state index contributed by atoms with van der Waals surface area (Å²) in [6, 6.07) is 5.61. The molecule has 1 amide bonds. The molecule has 160 valence electrons. The van der Waals surface area contributed by atoms with Crippen molar-refractivity contribution in [1.82, 2.24) is 4.57 Å². The van der Waals surface area contributed by atoms with Gasteiger partial charge in [-0.05, 0) is 31.2 Å². The first-order valence-electron chi connectivity index (χ1n) is 8.83. The number of aliphatic hydroxyl groups is 1. The Kier molecular flexibility index (Phi) is 6.13. The number of rotatable bonds is 5. The van der Waals surface area contributed by atoms with Crippen LogP contribution in [0.4, 0.5) is 27.6 Å². The van der Waals surface area contributed by atoms with Gasteiger partial charge in [0.15, 0.2) is 0 Å². The highest BCUT2D eigenvalue weighted by molar-refractivity contribution is 6.05. The standard InChI is InChI=1S/C20H23F5N2O2/c1-12-15(9-16(18(2,3)4)27(12)10-19(21,22)11-28)17(29)26-14-7-5-6-13(8-14)20(23,24)25/h5-9,28H,10-11H2,1-4H3,(H,26,29). The van der Waals surface area contributed by atoms with Crippen LogP contribution in [0.1, 0.15) is 48.1 Å². The molecular formula is C20H23F5N2O2. The number of alkyl halides is 5. The maximum atomic E-state index is 13.8. The Morgan fingerprint density at radius 3 is 2.24 bits per heavy atom. The molecule has 0 saturated heterocycles. The van der Waals surface area contributed by atoms with Gasteiger partial charge in [0.1, 0.15) is 6.61 Å². The molecule has 1 heterocycles. The second-order valence-electron chi connectivity index (χ2n) is 7.91. The van der Waals surface area contributed by atoms with Gasteiger partial charge in [-0.1, -0.05) is 26.8 Å². The van der Waals surface area contributed by atoms with Crippen molar-refractivity contribution < 1.29 is 31.9 Å². The maximum absolute atomic E-state index is 13.8.